The molecule has 2 aromatic heterocycles. The number of benzene rings is 2. The molecule has 9 heteroatoms. The van der Waals surface area contributed by atoms with E-state index in [0.29, 0.717) is 5.56 Å². The van der Waals surface area contributed by atoms with Crippen LogP contribution in [0.5, 0.6) is 5.75 Å². The van der Waals surface area contributed by atoms with E-state index in [2.05, 4.69) is 20.1 Å². The largest absolute Gasteiger partial charge is 0.573 e. The number of fused-ring (bicyclic) bond motifs is 1. The molecule has 2 heterocycles. The number of carbonyl (C=O) groups is 1. The van der Waals surface area contributed by atoms with E-state index in [9.17, 15) is 18.0 Å². The Balaban J connectivity index is 1.34. The number of ether oxygens (including phenoxy) is 1. The van der Waals surface area contributed by atoms with E-state index >= 15 is 0 Å². The van der Waals surface area contributed by atoms with Crippen molar-refractivity contribution in [3.05, 3.63) is 84.3 Å². The van der Waals surface area contributed by atoms with Crippen LogP contribution >= 0.6 is 0 Å². The van der Waals surface area contributed by atoms with Crippen LogP contribution < -0.4 is 10.1 Å². The Kier molecular flexibility index (Phi) is 5.57. The minimum atomic E-state index is -4.75. The molecule has 31 heavy (non-hydrogen) atoms. The van der Waals surface area contributed by atoms with Gasteiger partial charge in [0.1, 0.15) is 12.1 Å². The molecule has 0 aliphatic rings. The third kappa shape index (κ3) is 5.39. The van der Waals surface area contributed by atoms with Crippen molar-refractivity contribution in [2.45, 2.75) is 19.3 Å². The number of amides is 1. The van der Waals surface area contributed by atoms with Crippen LogP contribution in [0, 0.1) is 0 Å². The van der Waals surface area contributed by atoms with Crippen molar-refractivity contribution < 1.29 is 22.7 Å². The highest BCUT2D eigenvalue weighted by atomic mass is 19.4. The summed E-state index contributed by atoms with van der Waals surface area (Å²) >= 11 is 0. The van der Waals surface area contributed by atoms with Crippen molar-refractivity contribution in [1.29, 1.82) is 0 Å². The van der Waals surface area contributed by atoms with E-state index in [1.165, 1.54) is 24.5 Å². The van der Waals surface area contributed by atoms with Crippen molar-refractivity contribution >= 4 is 11.6 Å². The second kappa shape index (κ2) is 8.47. The average Bonchev–Trinajstić information content (AvgIpc) is 3.20. The molecular formula is C22H17F3N4O2. The average molecular weight is 426 g/mol. The van der Waals surface area contributed by atoms with Gasteiger partial charge in [0.15, 0.2) is 5.65 Å². The van der Waals surface area contributed by atoms with Gasteiger partial charge in [0.2, 0.25) is 5.91 Å². The van der Waals surface area contributed by atoms with E-state index in [-0.39, 0.29) is 24.6 Å². The number of pyridine rings is 1. The topological polar surface area (TPSA) is 68.5 Å². The van der Waals surface area contributed by atoms with Crippen molar-refractivity contribution in [2.75, 3.05) is 0 Å². The van der Waals surface area contributed by atoms with Crippen LogP contribution in [0.2, 0.25) is 0 Å². The molecule has 2 aromatic carbocycles. The predicted molar refractivity (Wildman–Crippen MR) is 107 cm³/mol. The summed E-state index contributed by atoms with van der Waals surface area (Å²) in [5, 5.41) is 6.77. The second-order valence-electron chi connectivity index (χ2n) is 6.82. The lowest BCUT2D eigenvalue weighted by atomic mass is 10.0. The van der Waals surface area contributed by atoms with Gasteiger partial charge in [-0.1, -0.05) is 36.4 Å². The Morgan fingerprint density at radius 2 is 1.81 bits per heavy atom. The first-order valence-electron chi connectivity index (χ1n) is 9.36. The fraction of sp³-hybridized carbons (Fsp3) is 0.136. The lowest BCUT2D eigenvalue weighted by Crippen LogP contribution is -2.24. The Morgan fingerprint density at radius 1 is 1.00 bits per heavy atom. The zero-order valence-corrected chi connectivity index (χ0v) is 16.1. The molecule has 0 bridgehead atoms. The number of rotatable bonds is 6. The maximum atomic E-state index is 12.3. The van der Waals surface area contributed by atoms with Crippen molar-refractivity contribution in [2.24, 2.45) is 0 Å². The summed E-state index contributed by atoms with van der Waals surface area (Å²) in [4.78, 5) is 16.4. The van der Waals surface area contributed by atoms with Crippen molar-refractivity contribution in [1.82, 2.24) is 19.9 Å². The number of alkyl halides is 3. The molecule has 0 radical (unpaired) electrons. The Bertz CT molecular complexity index is 1200. The molecule has 0 aliphatic carbocycles. The maximum Gasteiger partial charge on any atom is 0.573 e. The zero-order chi connectivity index (χ0) is 21.8. The van der Waals surface area contributed by atoms with E-state index in [1.54, 1.807) is 10.6 Å². The highest BCUT2D eigenvalue weighted by Gasteiger charge is 2.31. The van der Waals surface area contributed by atoms with Crippen LogP contribution in [0.25, 0.3) is 16.8 Å². The van der Waals surface area contributed by atoms with Gasteiger partial charge in [-0.2, -0.15) is 5.10 Å². The van der Waals surface area contributed by atoms with E-state index in [0.717, 1.165) is 22.3 Å². The molecule has 0 aliphatic heterocycles. The van der Waals surface area contributed by atoms with Gasteiger partial charge in [0.25, 0.3) is 0 Å². The fourth-order valence-corrected chi connectivity index (χ4v) is 3.11. The summed E-state index contributed by atoms with van der Waals surface area (Å²) in [7, 11) is 0. The van der Waals surface area contributed by atoms with Crippen LogP contribution in [0.4, 0.5) is 13.2 Å². The van der Waals surface area contributed by atoms with Gasteiger partial charge in [0, 0.05) is 12.7 Å². The minimum Gasteiger partial charge on any atom is -0.406 e. The summed E-state index contributed by atoms with van der Waals surface area (Å²) in [6, 6.07) is 16.9. The first-order valence-corrected chi connectivity index (χ1v) is 9.36. The smallest absolute Gasteiger partial charge is 0.406 e. The lowest BCUT2D eigenvalue weighted by molar-refractivity contribution is -0.274. The zero-order valence-electron chi connectivity index (χ0n) is 16.1. The van der Waals surface area contributed by atoms with Crippen molar-refractivity contribution in [3.8, 4) is 16.9 Å². The summed E-state index contributed by atoms with van der Waals surface area (Å²) in [6.07, 6.45) is -1.29. The molecule has 6 nitrogen and oxygen atoms in total. The molecule has 1 amide bonds. The Hall–Kier alpha value is -3.88. The molecule has 4 aromatic rings. The summed E-state index contributed by atoms with van der Waals surface area (Å²) in [5.41, 5.74) is 4.03. The molecule has 158 valence electrons. The van der Waals surface area contributed by atoms with Crippen LogP contribution in [0.3, 0.4) is 0 Å². The molecule has 0 saturated heterocycles. The molecule has 0 spiro atoms. The van der Waals surface area contributed by atoms with Crippen LogP contribution in [-0.4, -0.2) is 26.9 Å². The van der Waals surface area contributed by atoms with E-state index in [4.69, 9.17) is 0 Å². The third-order valence-electron chi connectivity index (χ3n) is 4.55. The third-order valence-corrected chi connectivity index (χ3v) is 4.55. The van der Waals surface area contributed by atoms with E-state index in [1.807, 2.05) is 42.6 Å². The SMILES string of the molecule is O=C(Cc1ccc(-c2ccn3ncnc3c2)cc1)NCc1cccc(OC(F)(F)F)c1. The van der Waals surface area contributed by atoms with Gasteiger partial charge >= 0.3 is 6.36 Å². The molecule has 4 rings (SSSR count). The summed E-state index contributed by atoms with van der Waals surface area (Å²) < 4.78 is 42.5. The molecule has 0 fully saturated rings. The monoisotopic (exact) mass is 426 g/mol. The first-order chi connectivity index (χ1) is 14.9. The van der Waals surface area contributed by atoms with Gasteiger partial charge in [-0.3, -0.25) is 4.79 Å². The molecule has 0 unspecified atom stereocenters. The summed E-state index contributed by atoms with van der Waals surface area (Å²) in [5.74, 6) is -0.557. The molecule has 0 saturated carbocycles. The number of halogens is 3. The normalized spacial score (nSPS) is 11.5. The second-order valence-corrected chi connectivity index (χ2v) is 6.82. The fourth-order valence-electron chi connectivity index (χ4n) is 3.11. The van der Waals surface area contributed by atoms with Gasteiger partial charge in [-0.05, 0) is 46.5 Å². The number of aromatic nitrogens is 3. The maximum absolute atomic E-state index is 12.3. The summed E-state index contributed by atoms with van der Waals surface area (Å²) in [6.45, 7) is 0.102. The molecular weight excluding hydrogens is 409 g/mol. The number of nitrogens with one attached hydrogen (secondary N) is 1. The Labute approximate surface area is 175 Å². The number of nitrogens with zero attached hydrogens (tertiary/aromatic N) is 3. The van der Waals surface area contributed by atoms with Crippen molar-refractivity contribution in [3.63, 3.8) is 0 Å². The quantitative estimate of drug-likeness (QED) is 0.503. The van der Waals surface area contributed by atoms with Crippen LogP contribution in [-0.2, 0) is 17.8 Å². The number of hydrogen-bond acceptors (Lipinski definition) is 4. The first kappa shape index (κ1) is 20.4. The van der Waals surface area contributed by atoms with Gasteiger partial charge < -0.3 is 10.1 Å². The number of carbonyl (C=O) groups excluding carboxylic acids is 1. The van der Waals surface area contributed by atoms with E-state index < -0.39 is 6.36 Å². The van der Waals surface area contributed by atoms with Gasteiger partial charge in [-0.15, -0.1) is 13.2 Å². The highest BCUT2D eigenvalue weighted by molar-refractivity contribution is 5.79. The number of hydrogen-bond donors (Lipinski definition) is 1. The van der Waals surface area contributed by atoms with Gasteiger partial charge in [0.05, 0.1) is 6.42 Å². The van der Waals surface area contributed by atoms with Gasteiger partial charge in [-0.25, -0.2) is 9.50 Å². The Morgan fingerprint density at radius 3 is 2.58 bits per heavy atom. The standard InChI is InChI=1S/C22H17F3N4O2/c23-22(24,25)31-19-3-1-2-16(10-19)13-26-21(30)11-15-4-6-17(7-5-15)18-8-9-29-20(12-18)27-14-28-29/h1-10,12,14H,11,13H2,(H,26,30). The van der Waals surface area contributed by atoms with Crippen LogP contribution in [0.1, 0.15) is 11.1 Å². The molecule has 0 atom stereocenters. The minimum absolute atomic E-state index is 0.102. The molecule has 1 N–H and O–H groups in total. The predicted octanol–water partition coefficient (Wildman–Crippen LogP) is 4.15. The highest BCUT2D eigenvalue weighted by Crippen LogP contribution is 2.23. The van der Waals surface area contributed by atoms with Crippen LogP contribution in [0.15, 0.2) is 73.2 Å². The lowest BCUT2D eigenvalue weighted by Gasteiger charge is -2.11.